The fourth-order valence-corrected chi connectivity index (χ4v) is 3.25. The standard InChI is InChI=1S/C17H27NO/c1-4-16(19)14-9-7-8-10-15(14)18-12-11-17(5-2,6-3)13-18/h7-10,16,19H,4-6,11-13H2,1-3H3. The topological polar surface area (TPSA) is 23.5 Å². The molecule has 1 aliphatic heterocycles. The first-order chi connectivity index (χ1) is 9.15. The van der Waals surface area contributed by atoms with E-state index in [4.69, 9.17) is 0 Å². The van der Waals surface area contributed by atoms with Gasteiger partial charge in [0.15, 0.2) is 0 Å². The lowest BCUT2D eigenvalue weighted by Gasteiger charge is -2.29. The van der Waals surface area contributed by atoms with Crippen LogP contribution in [0.3, 0.4) is 0 Å². The van der Waals surface area contributed by atoms with Crippen LogP contribution in [0.15, 0.2) is 24.3 Å². The molecule has 2 heteroatoms. The largest absolute Gasteiger partial charge is 0.388 e. The molecule has 1 saturated heterocycles. The van der Waals surface area contributed by atoms with E-state index in [1.54, 1.807) is 0 Å². The summed E-state index contributed by atoms with van der Waals surface area (Å²) in [5, 5.41) is 10.2. The average molecular weight is 261 g/mol. The van der Waals surface area contributed by atoms with Crippen molar-refractivity contribution in [3.63, 3.8) is 0 Å². The van der Waals surface area contributed by atoms with Crippen molar-refractivity contribution in [3.05, 3.63) is 29.8 Å². The monoisotopic (exact) mass is 261 g/mol. The van der Waals surface area contributed by atoms with Crippen molar-refractivity contribution >= 4 is 5.69 Å². The molecule has 1 aromatic carbocycles. The molecule has 0 amide bonds. The molecule has 0 saturated carbocycles. The summed E-state index contributed by atoms with van der Waals surface area (Å²) >= 11 is 0. The molecule has 0 bridgehead atoms. The molecule has 106 valence electrons. The van der Waals surface area contributed by atoms with Crippen LogP contribution in [0.4, 0.5) is 5.69 Å². The zero-order valence-corrected chi connectivity index (χ0v) is 12.5. The van der Waals surface area contributed by atoms with Gasteiger partial charge in [0, 0.05) is 24.3 Å². The van der Waals surface area contributed by atoms with Crippen LogP contribution in [0, 0.1) is 5.41 Å². The highest BCUT2D eigenvalue weighted by Crippen LogP contribution is 2.40. The van der Waals surface area contributed by atoms with Crippen LogP contribution >= 0.6 is 0 Å². The normalized spacial score (nSPS) is 19.7. The molecule has 1 heterocycles. The number of anilines is 1. The summed E-state index contributed by atoms with van der Waals surface area (Å²) in [7, 11) is 0. The SMILES string of the molecule is CCC(O)c1ccccc1N1CCC(CC)(CC)C1. The van der Waals surface area contributed by atoms with Gasteiger partial charge in [-0.2, -0.15) is 0 Å². The lowest BCUT2D eigenvalue weighted by molar-refractivity contribution is 0.174. The van der Waals surface area contributed by atoms with Crippen molar-refractivity contribution in [2.45, 2.75) is 52.6 Å². The Kier molecular flexibility index (Phi) is 4.51. The molecule has 1 N–H and O–H groups in total. The fraction of sp³-hybridized carbons (Fsp3) is 0.647. The van der Waals surface area contributed by atoms with Gasteiger partial charge in [-0.1, -0.05) is 39.0 Å². The van der Waals surface area contributed by atoms with Crippen LogP contribution in [0.5, 0.6) is 0 Å². The molecule has 0 aromatic heterocycles. The van der Waals surface area contributed by atoms with E-state index in [9.17, 15) is 5.11 Å². The molecule has 1 unspecified atom stereocenters. The van der Waals surface area contributed by atoms with E-state index in [0.717, 1.165) is 25.1 Å². The Morgan fingerprint density at radius 1 is 1.21 bits per heavy atom. The third-order valence-corrected chi connectivity index (χ3v) is 4.96. The summed E-state index contributed by atoms with van der Waals surface area (Å²) in [6.45, 7) is 8.90. The maximum absolute atomic E-state index is 10.2. The minimum Gasteiger partial charge on any atom is -0.388 e. The molecule has 1 aromatic rings. The van der Waals surface area contributed by atoms with Crippen molar-refractivity contribution in [1.82, 2.24) is 0 Å². The third-order valence-electron chi connectivity index (χ3n) is 4.96. The van der Waals surface area contributed by atoms with Crippen molar-refractivity contribution in [2.24, 2.45) is 5.41 Å². The third kappa shape index (κ3) is 2.79. The molecule has 1 atom stereocenters. The molecule has 19 heavy (non-hydrogen) atoms. The van der Waals surface area contributed by atoms with Gasteiger partial charge in [0.1, 0.15) is 0 Å². The van der Waals surface area contributed by atoms with Crippen LogP contribution in [-0.4, -0.2) is 18.2 Å². The van der Waals surface area contributed by atoms with Crippen molar-refractivity contribution in [3.8, 4) is 0 Å². The first-order valence-electron chi connectivity index (χ1n) is 7.67. The van der Waals surface area contributed by atoms with E-state index in [0.29, 0.717) is 5.41 Å². The number of rotatable bonds is 5. The summed E-state index contributed by atoms with van der Waals surface area (Å²) < 4.78 is 0. The van der Waals surface area contributed by atoms with E-state index in [1.807, 2.05) is 13.0 Å². The zero-order valence-electron chi connectivity index (χ0n) is 12.5. The molecule has 2 rings (SSSR count). The maximum Gasteiger partial charge on any atom is 0.0807 e. The highest BCUT2D eigenvalue weighted by Gasteiger charge is 2.35. The van der Waals surface area contributed by atoms with E-state index in [1.165, 1.54) is 24.9 Å². The highest BCUT2D eigenvalue weighted by molar-refractivity contribution is 5.55. The number of hydrogen-bond acceptors (Lipinski definition) is 2. The van der Waals surface area contributed by atoms with Gasteiger partial charge in [0.2, 0.25) is 0 Å². The maximum atomic E-state index is 10.2. The van der Waals surface area contributed by atoms with Gasteiger partial charge in [0.05, 0.1) is 6.10 Å². The summed E-state index contributed by atoms with van der Waals surface area (Å²) in [5.74, 6) is 0. The van der Waals surface area contributed by atoms with Crippen molar-refractivity contribution in [1.29, 1.82) is 0 Å². The quantitative estimate of drug-likeness (QED) is 0.861. The second-order valence-electron chi connectivity index (χ2n) is 5.86. The Morgan fingerprint density at radius 3 is 2.47 bits per heavy atom. The van der Waals surface area contributed by atoms with E-state index in [2.05, 4.69) is 36.9 Å². The second-order valence-corrected chi connectivity index (χ2v) is 5.86. The Labute approximate surface area is 117 Å². The van der Waals surface area contributed by atoms with Gasteiger partial charge < -0.3 is 10.0 Å². The Balaban J connectivity index is 2.24. The van der Waals surface area contributed by atoms with Gasteiger partial charge >= 0.3 is 0 Å². The van der Waals surface area contributed by atoms with Gasteiger partial charge in [-0.05, 0) is 37.2 Å². The number of aliphatic hydroxyl groups is 1. The molecule has 0 radical (unpaired) electrons. The lowest BCUT2D eigenvalue weighted by Crippen LogP contribution is -2.27. The second kappa shape index (κ2) is 5.96. The van der Waals surface area contributed by atoms with E-state index in [-0.39, 0.29) is 6.10 Å². The summed E-state index contributed by atoms with van der Waals surface area (Å²) in [5.41, 5.74) is 2.80. The molecule has 2 nitrogen and oxygen atoms in total. The highest BCUT2D eigenvalue weighted by atomic mass is 16.3. The van der Waals surface area contributed by atoms with E-state index < -0.39 is 0 Å². The van der Waals surface area contributed by atoms with Crippen LogP contribution < -0.4 is 4.90 Å². The van der Waals surface area contributed by atoms with Gasteiger partial charge in [0.25, 0.3) is 0 Å². The first-order valence-corrected chi connectivity index (χ1v) is 7.67. The molecule has 1 fully saturated rings. The lowest BCUT2D eigenvalue weighted by atomic mass is 9.82. The summed E-state index contributed by atoms with van der Waals surface area (Å²) in [6, 6.07) is 8.34. The molecular formula is C17H27NO. The predicted octanol–water partition coefficient (Wildman–Crippen LogP) is 4.15. The predicted molar refractivity (Wildman–Crippen MR) is 81.5 cm³/mol. The summed E-state index contributed by atoms with van der Waals surface area (Å²) in [4.78, 5) is 2.47. The fourth-order valence-electron chi connectivity index (χ4n) is 3.25. The molecule has 0 aliphatic carbocycles. The molecule has 0 spiro atoms. The minimum absolute atomic E-state index is 0.338. The van der Waals surface area contributed by atoms with Crippen LogP contribution in [-0.2, 0) is 0 Å². The molecular weight excluding hydrogens is 234 g/mol. The van der Waals surface area contributed by atoms with Crippen molar-refractivity contribution in [2.75, 3.05) is 18.0 Å². The van der Waals surface area contributed by atoms with Crippen LogP contribution in [0.25, 0.3) is 0 Å². The number of nitrogens with zero attached hydrogens (tertiary/aromatic N) is 1. The Bertz CT molecular complexity index is 411. The van der Waals surface area contributed by atoms with Gasteiger partial charge in [-0.3, -0.25) is 0 Å². The zero-order chi connectivity index (χ0) is 13.9. The Morgan fingerprint density at radius 2 is 1.89 bits per heavy atom. The minimum atomic E-state index is -0.338. The smallest absolute Gasteiger partial charge is 0.0807 e. The molecule has 1 aliphatic rings. The van der Waals surface area contributed by atoms with Crippen LogP contribution in [0.1, 0.15) is 58.1 Å². The van der Waals surface area contributed by atoms with Gasteiger partial charge in [-0.25, -0.2) is 0 Å². The van der Waals surface area contributed by atoms with Gasteiger partial charge in [-0.15, -0.1) is 0 Å². The number of aliphatic hydroxyl groups excluding tert-OH is 1. The number of para-hydroxylation sites is 1. The Hall–Kier alpha value is -1.02. The number of benzene rings is 1. The average Bonchev–Trinajstić information content (AvgIpc) is 2.91. The van der Waals surface area contributed by atoms with Crippen molar-refractivity contribution < 1.29 is 5.11 Å². The summed E-state index contributed by atoms with van der Waals surface area (Å²) in [6.07, 6.45) is 4.21. The van der Waals surface area contributed by atoms with Crippen LogP contribution in [0.2, 0.25) is 0 Å². The van der Waals surface area contributed by atoms with E-state index >= 15 is 0 Å². The first kappa shape index (κ1) is 14.4. The number of hydrogen-bond donors (Lipinski definition) is 1.